The van der Waals surface area contributed by atoms with E-state index in [4.69, 9.17) is 10.2 Å². The molecule has 0 amide bonds. The number of ether oxygens (including phenoxy) is 1. The number of aromatic nitrogens is 1. The molecule has 0 unspecified atom stereocenters. The third-order valence-electron chi connectivity index (χ3n) is 1.27. The number of nitrogens with zero attached hydrogens (tertiary/aromatic N) is 1. The minimum absolute atomic E-state index is 0.0139. The topological polar surface area (TPSA) is 79.7 Å². The van der Waals surface area contributed by atoms with E-state index in [9.17, 15) is 4.79 Å². The maximum absolute atomic E-state index is 10.4. The molecule has 0 saturated carbocycles. The highest BCUT2D eigenvalue weighted by atomic mass is 16.5. The lowest BCUT2D eigenvalue weighted by atomic mass is 10.3. The summed E-state index contributed by atoms with van der Waals surface area (Å²) in [6, 6.07) is 1.08. The molecule has 0 bridgehead atoms. The van der Waals surface area contributed by atoms with Gasteiger partial charge in [-0.2, -0.15) is 0 Å². The smallest absolute Gasteiger partial charge is 0.337 e. The Labute approximate surface area is 68.2 Å². The maximum Gasteiger partial charge on any atom is 0.337 e. The van der Waals surface area contributed by atoms with Crippen molar-refractivity contribution >= 4 is 5.97 Å². The molecule has 0 saturated heterocycles. The monoisotopic (exact) mass is 169 g/mol. The van der Waals surface area contributed by atoms with Crippen molar-refractivity contribution in [2.75, 3.05) is 7.11 Å². The zero-order chi connectivity index (χ0) is 9.14. The number of hydrogen-bond donors (Lipinski definition) is 2. The highest BCUT2D eigenvalue weighted by Crippen LogP contribution is 2.22. The summed E-state index contributed by atoms with van der Waals surface area (Å²) in [7, 11) is 1.34. The molecule has 0 fully saturated rings. The molecule has 5 heteroatoms. The third-order valence-corrected chi connectivity index (χ3v) is 1.27. The largest absolute Gasteiger partial charge is 0.503 e. The molecule has 0 aliphatic heterocycles. The number of carboxylic acids is 1. The van der Waals surface area contributed by atoms with Crippen LogP contribution in [-0.4, -0.2) is 28.3 Å². The SMILES string of the molecule is COc1ncc(C(=O)O)cc1O. The van der Waals surface area contributed by atoms with Crippen LogP contribution in [0.3, 0.4) is 0 Å². The van der Waals surface area contributed by atoms with Gasteiger partial charge in [-0.05, 0) is 0 Å². The van der Waals surface area contributed by atoms with Gasteiger partial charge in [0.05, 0.1) is 12.7 Å². The van der Waals surface area contributed by atoms with Crippen LogP contribution < -0.4 is 4.74 Å². The van der Waals surface area contributed by atoms with Gasteiger partial charge in [-0.15, -0.1) is 0 Å². The fourth-order valence-electron chi connectivity index (χ4n) is 0.715. The standard InChI is InChI=1S/C7H7NO4/c1-12-6-5(9)2-4(3-8-6)7(10)11/h2-3,9H,1H3,(H,10,11). The molecule has 0 aliphatic rings. The summed E-state index contributed by atoms with van der Waals surface area (Å²) < 4.78 is 4.63. The van der Waals surface area contributed by atoms with Gasteiger partial charge in [0.25, 0.3) is 5.88 Å². The number of carbonyl (C=O) groups is 1. The van der Waals surface area contributed by atoms with Crippen molar-refractivity contribution < 1.29 is 19.7 Å². The van der Waals surface area contributed by atoms with Crippen LogP contribution in [0.5, 0.6) is 11.6 Å². The molecule has 0 spiro atoms. The minimum Gasteiger partial charge on any atom is -0.503 e. The Hall–Kier alpha value is -1.78. The first-order valence-electron chi connectivity index (χ1n) is 3.11. The van der Waals surface area contributed by atoms with Gasteiger partial charge < -0.3 is 14.9 Å². The molecule has 12 heavy (non-hydrogen) atoms. The van der Waals surface area contributed by atoms with Gasteiger partial charge in [0.2, 0.25) is 0 Å². The van der Waals surface area contributed by atoms with E-state index in [-0.39, 0.29) is 17.2 Å². The number of methoxy groups -OCH3 is 1. The Morgan fingerprint density at radius 1 is 1.67 bits per heavy atom. The number of rotatable bonds is 2. The van der Waals surface area contributed by atoms with Crippen molar-refractivity contribution in [3.8, 4) is 11.6 Å². The molecule has 5 nitrogen and oxygen atoms in total. The zero-order valence-electron chi connectivity index (χ0n) is 6.31. The predicted molar refractivity (Wildman–Crippen MR) is 39.4 cm³/mol. The number of aromatic carboxylic acids is 1. The third kappa shape index (κ3) is 1.45. The van der Waals surface area contributed by atoms with E-state index >= 15 is 0 Å². The molecule has 1 heterocycles. The van der Waals surface area contributed by atoms with Crippen LogP contribution >= 0.6 is 0 Å². The lowest BCUT2D eigenvalue weighted by Gasteiger charge is -2.01. The molecule has 1 aromatic heterocycles. The van der Waals surface area contributed by atoms with Crippen molar-refractivity contribution in [3.05, 3.63) is 17.8 Å². The van der Waals surface area contributed by atoms with E-state index in [0.717, 1.165) is 12.3 Å². The maximum atomic E-state index is 10.4. The molecule has 0 aliphatic carbocycles. The normalized spacial score (nSPS) is 9.42. The van der Waals surface area contributed by atoms with Crippen molar-refractivity contribution in [2.24, 2.45) is 0 Å². The fourth-order valence-corrected chi connectivity index (χ4v) is 0.715. The van der Waals surface area contributed by atoms with Crippen molar-refractivity contribution in [1.82, 2.24) is 4.98 Å². The van der Waals surface area contributed by atoms with Gasteiger partial charge in [0, 0.05) is 12.3 Å². The molecule has 0 aromatic carbocycles. The summed E-state index contributed by atoms with van der Waals surface area (Å²) in [6.07, 6.45) is 1.11. The molecule has 64 valence electrons. The molecular weight excluding hydrogens is 162 g/mol. The summed E-state index contributed by atoms with van der Waals surface area (Å²) in [5.74, 6) is -1.40. The Bertz CT molecular complexity index is 310. The van der Waals surface area contributed by atoms with Gasteiger partial charge in [0.15, 0.2) is 5.75 Å². The Morgan fingerprint density at radius 3 is 2.75 bits per heavy atom. The summed E-state index contributed by atoms with van der Waals surface area (Å²) in [5, 5.41) is 17.6. The van der Waals surface area contributed by atoms with E-state index in [2.05, 4.69) is 9.72 Å². The zero-order valence-corrected chi connectivity index (χ0v) is 6.31. The average Bonchev–Trinajstić information content (AvgIpc) is 2.04. The van der Waals surface area contributed by atoms with Crippen LogP contribution in [0.4, 0.5) is 0 Å². The van der Waals surface area contributed by atoms with E-state index in [1.807, 2.05) is 0 Å². The minimum atomic E-state index is -1.14. The summed E-state index contributed by atoms with van der Waals surface area (Å²) in [6.45, 7) is 0. The lowest BCUT2D eigenvalue weighted by molar-refractivity contribution is 0.0696. The van der Waals surface area contributed by atoms with Crippen LogP contribution in [-0.2, 0) is 0 Å². The van der Waals surface area contributed by atoms with Gasteiger partial charge in [-0.3, -0.25) is 0 Å². The molecule has 0 atom stereocenters. The van der Waals surface area contributed by atoms with E-state index < -0.39 is 5.97 Å². The number of hydrogen-bond acceptors (Lipinski definition) is 4. The predicted octanol–water partition coefficient (Wildman–Crippen LogP) is 0.494. The highest BCUT2D eigenvalue weighted by Gasteiger charge is 2.08. The molecule has 1 rings (SSSR count). The Morgan fingerprint density at radius 2 is 2.33 bits per heavy atom. The van der Waals surface area contributed by atoms with Crippen LogP contribution in [0.1, 0.15) is 10.4 Å². The van der Waals surface area contributed by atoms with Crippen LogP contribution in [0.15, 0.2) is 12.3 Å². The number of pyridine rings is 1. The fraction of sp³-hybridized carbons (Fsp3) is 0.143. The summed E-state index contributed by atoms with van der Waals surface area (Å²) in [5.41, 5.74) is -0.0756. The summed E-state index contributed by atoms with van der Waals surface area (Å²) in [4.78, 5) is 13.9. The van der Waals surface area contributed by atoms with Crippen molar-refractivity contribution in [3.63, 3.8) is 0 Å². The first-order chi connectivity index (χ1) is 5.65. The molecular formula is C7H7NO4. The Kier molecular flexibility index (Phi) is 2.14. The van der Waals surface area contributed by atoms with Crippen LogP contribution in [0, 0.1) is 0 Å². The summed E-state index contributed by atoms with van der Waals surface area (Å²) >= 11 is 0. The Balaban J connectivity index is 3.10. The van der Waals surface area contributed by atoms with Crippen molar-refractivity contribution in [2.45, 2.75) is 0 Å². The van der Waals surface area contributed by atoms with Gasteiger partial charge in [-0.1, -0.05) is 0 Å². The number of carboxylic acid groups (broad SMARTS) is 1. The second kappa shape index (κ2) is 3.08. The first kappa shape index (κ1) is 8.32. The average molecular weight is 169 g/mol. The highest BCUT2D eigenvalue weighted by molar-refractivity contribution is 5.87. The lowest BCUT2D eigenvalue weighted by Crippen LogP contribution is -1.98. The van der Waals surface area contributed by atoms with Gasteiger partial charge in [-0.25, -0.2) is 9.78 Å². The van der Waals surface area contributed by atoms with Gasteiger partial charge in [0.1, 0.15) is 0 Å². The van der Waals surface area contributed by atoms with E-state index in [0.29, 0.717) is 0 Å². The van der Waals surface area contributed by atoms with Crippen LogP contribution in [0.2, 0.25) is 0 Å². The molecule has 0 radical (unpaired) electrons. The van der Waals surface area contributed by atoms with E-state index in [1.165, 1.54) is 7.11 Å². The second-order valence-electron chi connectivity index (χ2n) is 2.06. The number of aromatic hydroxyl groups is 1. The van der Waals surface area contributed by atoms with Crippen LogP contribution in [0.25, 0.3) is 0 Å². The quantitative estimate of drug-likeness (QED) is 0.673. The first-order valence-corrected chi connectivity index (χ1v) is 3.11. The molecule has 1 aromatic rings. The van der Waals surface area contributed by atoms with Gasteiger partial charge >= 0.3 is 5.97 Å². The second-order valence-corrected chi connectivity index (χ2v) is 2.06. The van der Waals surface area contributed by atoms with Crippen molar-refractivity contribution in [1.29, 1.82) is 0 Å². The molecule has 2 N–H and O–H groups in total. The van der Waals surface area contributed by atoms with E-state index in [1.54, 1.807) is 0 Å².